The van der Waals surface area contributed by atoms with Crippen molar-refractivity contribution in [3.63, 3.8) is 0 Å². The summed E-state index contributed by atoms with van der Waals surface area (Å²) in [7, 11) is 10.9. The van der Waals surface area contributed by atoms with E-state index in [4.69, 9.17) is 0 Å². The van der Waals surface area contributed by atoms with Gasteiger partial charge in [-0.2, -0.15) is 0 Å². The van der Waals surface area contributed by atoms with Crippen LogP contribution in [0.5, 0.6) is 0 Å². The molecule has 123 heavy (non-hydrogen) atoms. The normalized spacial score (nSPS) is 13.6. The molecule has 16 aromatic carbocycles. The Hall–Kier alpha value is -13.3. The van der Waals surface area contributed by atoms with E-state index in [2.05, 4.69) is 164 Å². The number of nitrogens with one attached hydrogen (secondary N) is 1. The van der Waals surface area contributed by atoms with Crippen LogP contribution in [-0.4, -0.2) is 96.7 Å². The molecular formula is C104H86Br3N9O7. The highest BCUT2D eigenvalue weighted by Gasteiger charge is 2.35. The first-order valence-corrected chi connectivity index (χ1v) is 43.1. The molecule has 0 aromatic heterocycles. The van der Waals surface area contributed by atoms with Crippen molar-refractivity contribution in [3.05, 3.63) is 337 Å². The number of amides is 7. The highest BCUT2D eigenvalue weighted by molar-refractivity contribution is 9.11. The van der Waals surface area contributed by atoms with E-state index in [0.717, 1.165) is 187 Å². The second-order valence-corrected chi connectivity index (χ2v) is 34.8. The zero-order valence-electron chi connectivity index (χ0n) is 69.7. The van der Waals surface area contributed by atoms with Gasteiger partial charge in [0, 0.05) is 179 Å². The van der Waals surface area contributed by atoms with Crippen molar-refractivity contribution in [2.75, 3.05) is 99.9 Å². The first-order chi connectivity index (χ1) is 59.3. The van der Waals surface area contributed by atoms with Gasteiger partial charge in [-0.25, -0.2) is 0 Å². The molecular weight excluding hydrogens is 1730 g/mol. The molecule has 7 amide bonds. The van der Waals surface area contributed by atoms with E-state index in [1.165, 1.54) is 22.0 Å². The number of rotatable bonds is 8. The lowest BCUT2D eigenvalue weighted by atomic mass is 10.0. The summed E-state index contributed by atoms with van der Waals surface area (Å²) in [4.78, 5) is 99.1. The monoisotopic (exact) mass is 1810 g/mol. The maximum Gasteiger partial charge on any atom is 0.258 e. The molecule has 0 fully saturated rings. The molecule has 0 saturated heterocycles. The predicted molar refractivity (Wildman–Crippen MR) is 516 cm³/mol. The smallest absolute Gasteiger partial charge is 0.258 e. The van der Waals surface area contributed by atoms with Crippen LogP contribution in [0.3, 0.4) is 0 Å². The van der Waals surface area contributed by atoms with Gasteiger partial charge in [-0.15, -0.1) is 0 Å². The number of hydrogen-bond acceptors (Lipinski definition) is 9. The molecule has 610 valence electrons. The molecule has 7 aliphatic rings. The first kappa shape index (κ1) is 82.0. The Morgan fingerprint density at radius 1 is 0.301 bits per heavy atom. The maximum atomic E-state index is 12.6. The average molecular weight is 1810 g/mol. The van der Waals surface area contributed by atoms with E-state index < -0.39 is 0 Å². The molecule has 0 unspecified atom stereocenters. The highest BCUT2D eigenvalue weighted by atomic mass is 79.9. The minimum absolute atomic E-state index is 0.00630. The molecule has 1 N–H and O–H groups in total. The predicted octanol–water partition coefficient (Wildman–Crippen LogP) is 25.2. The lowest BCUT2D eigenvalue weighted by Gasteiger charge is -2.30. The molecule has 0 saturated carbocycles. The number of carbonyl (C=O) groups is 7. The summed E-state index contributed by atoms with van der Waals surface area (Å²) in [6, 6.07) is 92.3. The van der Waals surface area contributed by atoms with Gasteiger partial charge in [0.1, 0.15) is 0 Å². The minimum Gasteiger partial charge on any atom is -0.371 e. The lowest BCUT2D eigenvalue weighted by molar-refractivity contribution is 0.0991. The number of aryl methyl sites for hydroxylation is 1. The van der Waals surface area contributed by atoms with Crippen LogP contribution in [0.1, 0.15) is 106 Å². The second-order valence-electron chi connectivity index (χ2n) is 32.2. The van der Waals surface area contributed by atoms with E-state index in [9.17, 15) is 33.6 Å². The number of hydrogen-bond donors (Lipinski definition) is 1. The molecule has 0 atom stereocenters. The third-order valence-corrected chi connectivity index (χ3v) is 25.6. The van der Waals surface area contributed by atoms with Gasteiger partial charge in [0.2, 0.25) is 0 Å². The lowest BCUT2D eigenvalue weighted by Crippen LogP contribution is -2.31. The first-order valence-electron chi connectivity index (χ1n) is 40.8. The molecule has 0 aliphatic carbocycles. The van der Waals surface area contributed by atoms with Crippen molar-refractivity contribution >= 4 is 227 Å². The quantitative estimate of drug-likeness (QED) is 0.156. The maximum absolute atomic E-state index is 12.6. The summed E-state index contributed by atoms with van der Waals surface area (Å²) in [6.45, 7) is 13.2. The fourth-order valence-corrected chi connectivity index (χ4v) is 19.9. The molecule has 19 heteroatoms. The Morgan fingerprint density at radius 3 is 1.14 bits per heavy atom. The minimum atomic E-state index is 0.00630. The zero-order valence-corrected chi connectivity index (χ0v) is 74.5. The molecule has 7 aliphatic heterocycles. The van der Waals surface area contributed by atoms with Crippen LogP contribution in [0.25, 0.3) is 75.4 Å². The van der Waals surface area contributed by atoms with E-state index in [1.807, 2.05) is 248 Å². The summed E-state index contributed by atoms with van der Waals surface area (Å²) < 4.78 is 2.97. The van der Waals surface area contributed by atoms with Crippen molar-refractivity contribution in [1.29, 1.82) is 0 Å². The van der Waals surface area contributed by atoms with Gasteiger partial charge in [0.05, 0.1) is 39.8 Å². The second kappa shape index (κ2) is 33.2. The van der Waals surface area contributed by atoms with Gasteiger partial charge in [-0.05, 0) is 195 Å². The SMILES string of the molecule is CC(C)CN(CC(C)C)c1ccc2c3c(cccc13)C(=O)N2C.CN1C(=O)c2cccc3c(Br)cc(Br)c1c23.CN1C(=O)c2cccc3c(Br)ccc1c23.CN1C(=O)c2cccc3c(N(c4ccccc4)c4ccccc4)ccc1c23.CN1C(=O)c2cccc3cccc1c23.Cc1ccc2c3c(cccc13)C(=O)N2C.O=C1Nc2cccc3cccc1c23. The van der Waals surface area contributed by atoms with E-state index in [0.29, 0.717) is 11.8 Å². The number of benzene rings is 16. The Kier molecular flexibility index (Phi) is 22.2. The van der Waals surface area contributed by atoms with Gasteiger partial charge in [0.25, 0.3) is 41.4 Å². The van der Waals surface area contributed by atoms with Crippen LogP contribution in [-0.2, 0) is 0 Å². The van der Waals surface area contributed by atoms with Gasteiger partial charge < -0.3 is 44.5 Å². The van der Waals surface area contributed by atoms with Gasteiger partial charge in [-0.1, -0.05) is 211 Å². The zero-order chi connectivity index (χ0) is 86.2. The Bertz CT molecular complexity index is 6950. The van der Waals surface area contributed by atoms with E-state index in [-0.39, 0.29) is 41.4 Å². The van der Waals surface area contributed by atoms with Crippen LogP contribution in [0.15, 0.2) is 292 Å². The molecule has 0 bridgehead atoms. The summed E-state index contributed by atoms with van der Waals surface area (Å²) in [5.74, 6) is 1.68. The Morgan fingerprint density at radius 2 is 0.650 bits per heavy atom. The fourth-order valence-electron chi connectivity index (χ4n) is 17.9. The third-order valence-electron chi connectivity index (χ3n) is 23.6. The molecule has 23 rings (SSSR count). The number of anilines is 11. The topological polar surface area (TPSA) is 157 Å². The molecule has 16 nitrogen and oxygen atoms in total. The summed E-state index contributed by atoms with van der Waals surface area (Å²) in [5.41, 5.74) is 18.2. The van der Waals surface area contributed by atoms with Crippen LogP contribution < -0.4 is 44.5 Å². The van der Waals surface area contributed by atoms with Gasteiger partial charge in [-0.3, -0.25) is 33.6 Å². The summed E-state index contributed by atoms with van der Waals surface area (Å²) >= 11 is 10.5. The van der Waals surface area contributed by atoms with Gasteiger partial charge in [0.15, 0.2) is 0 Å². The van der Waals surface area contributed by atoms with Gasteiger partial charge >= 0.3 is 0 Å². The fraction of sp³-hybridized carbons (Fsp3) is 0.144. The molecule has 7 heterocycles. The molecule has 0 radical (unpaired) electrons. The number of nitrogens with zero attached hydrogens (tertiary/aromatic N) is 8. The average Bonchev–Trinajstić information content (AvgIpc) is 1.52. The number of halogens is 3. The number of carbonyl (C=O) groups excluding carboxylic acids is 7. The molecule has 16 aromatic rings. The largest absolute Gasteiger partial charge is 0.371 e. The Balaban J connectivity index is 0.000000103. The van der Waals surface area contributed by atoms with Crippen molar-refractivity contribution < 1.29 is 33.6 Å². The standard InChI is InChI=1S/C24H18N2O.C20H26N2O.C13H11NO.C12H7Br2NO.C12H8BrNO.C12H9NO.C11H7NO/c1-25-22-16-15-21(19-13-8-14-20(23(19)22)24(25)27)26(17-9-4-2-5-10-17)18-11-6-3-7-12-18;1-13(2)11-22(12-14(3)4)17-9-10-18-19-15(17)7-6-8-16(19)20(23)21(18)5;1-8-6-7-11-12-9(8)4-3-5-10(12)13(15)14(11)2;1-15-11-9(14)5-8(13)6-3-2-4-7(10(6)11)12(15)16;1-14-10-6-5-9(13)7-3-2-4-8(11(7)10)12(14)15;1-13-10-7-3-5-8-4-2-6-9(11(8)10)12(13)14;13-11-8-5-1-3-7-4-2-6-9(12-11)10(7)8/h2-16H,1H3;6-10,13-14H,11-12H2,1-5H3;3-7H,1-2H3;2-5H,1H3;2-6H,1H3;2-7H,1H3;1-6H,(H,12,13). The summed E-state index contributed by atoms with van der Waals surface area (Å²) in [5, 5.41) is 18.2. The van der Waals surface area contributed by atoms with Crippen molar-refractivity contribution in [1.82, 2.24) is 0 Å². The van der Waals surface area contributed by atoms with Crippen molar-refractivity contribution in [2.45, 2.75) is 34.6 Å². The highest BCUT2D eigenvalue weighted by Crippen LogP contribution is 2.49. The van der Waals surface area contributed by atoms with E-state index in [1.54, 1.807) is 36.4 Å². The third kappa shape index (κ3) is 14.4. The molecule has 0 spiro atoms. The van der Waals surface area contributed by atoms with Crippen LogP contribution in [0.2, 0.25) is 0 Å². The van der Waals surface area contributed by atoms with E-state index >= 15 is 0 Å². The Labute approximate surface area is 738 Å². The van der Waals surface area contributed by atoms with Crippen LogP contribution in [0.4, 0.5) is 62.6 Å². The van der Waals surface area contributed by atoms with Crippen LogP contribution in [0, 0.1) is 18.8 Å². The summed E-state index contributed by atoms with van der Waals surface area (Å²) in [6.07, 6.45) is 0. The van der Waals surface area contributed by atoms with Crippen molar-refractivity contribution in [3.8, 4) is 0 Å². The van der Waals surface area contributed by atoms with Crippen molar-refractivity contribution in [2.24, 2.45) is 11.8 Å². The number of para-hydroxylation sites is 2. The van der Waals surface area contributed by atoms with Crippen LogP contribution >= 0.6 is 47.8 Å².